The van der Waals surface area contributed by atoms with Gasteiger partial charge in [-0.1, -0.05) is 42.5 Å². The smallest absolute Gasteiger partial charge is 0.408 e. The van der Waals surface area contributed by atoms with E-state index in [4.69, 9.17) is 4.74 Å². The lowest BCUT2D eigenvalue weighted by molar-refractivity contribution is 0.0514. The lowest BCUT2D eigenvalue weighted by atomic mass is 10.1. The Bertz CT molecular complexity index is 470. The van der Waals surface area contributed by atoms with Gasteiger partial charge in [0.2, 0.25) is 0 Å². The first-order valence-electron chi connectivity index (χ1n) is 7.17. The van der Waals surface area contributed by atoms with Crippen LogP contribution < -0.4 is 5.32 Å². The molecule has 108 valence electrons. The van der Waals surface area contributed by atoms with Crippen molar-refractivity contribution in [3.8, 4) is 0 Å². The van der Waals surface area contributed by atoms with Gasteiger partial charge >= 0.3 is 6.09 Å². The van der Waals surface area contributed by atoms with E-state index in [0.29, 0.717) is 5.92 Å². The van der Waals surface area contributed by atoms with Crippen LogP contribution in [0.3, 0.4) is 0 Å². The fourth-order valence-corrected chi connectivity index (χ4v) is 1.89. The minimum Gasteiger partial charge on any atom is -0.444 e. The van der Waals surface area contributed by atoms with Gasteiger partial charge in [0, 0.05) is 0 Å². The number of benzene rings is 1. The second-order valence-corrected chi connectivity index (χ2v) is 6.26. The molecule has 1 amide bonds. The summed E-state index contributed by atoms with van der Waals surface area (Å²) in [6.45, 7) is 5.60. The second kappa shape index (κ2) is 6.12. The van der Waals surface area contributed by atoms with Crippen LogP contribution in [0.2, 0.25) is 0 Å². The molecular formula is C17H23NO2. The Morgan fingerprint density at radius 1 is 1.30 bits per heavy atom. The molecular weight excluding hydrogens is 250 g/mol. The number of carbonyl (C=O) groups is 1. The Hall–Kier alpha value is -1.77. The molecule has 0 aliphatic heterocycles. The van der Waals surface area contributed by atoms with Gasteiger partial charge in [-0.3, -0.25) is 0 Å². The average Bonchev–Trinajstić information content (AvgIpc) is 3.17. The van der Waals surface area contributed by atoms with Crippen LogP contribution in [0.5, 0.6) is 0 Å². The number of carbonyl (C=O) groups excluding carboxylic acids is 1. The van der Waals surface area contributed by atoms with Gasteiger partial charge in [0.05, 0.1) is 6.04 Å². The third-order valence-corrected chi connectivity index (χ3v) is 3.03. The van der Waals surface area contributed by atoms with Gasteiger partial charge in [-0.25, -0.2) is 4.79 Å². The van der Waals surface area contributed by atoms with E-state index in [2.05, 4.69) is 17.5 Å². The molecule has 1 N–H and O–H groups in total. The van der Waals surface area contributed by atoms with Crippen LogP contribution in [-0.2, 0) is 4.74 Å². The number of amides is 1. The van der Waals surface area contributed by atoms with Gasteiger partial charge in [-0.05, 0) is 45.1 Å². The molecule has 1 aliphatic carbocycles. The number of alkyl carbamates (subject to hydrolysis) is 1. The minimum absolute atomic E-state index is 0.133. The standard InChI is InChI=1S/C17H23NO2/c1-17(2,3)20-16(19)18-15(12-11-13-9-10-13)14-7-5-4-6-8-14/h4-8,11-13,15H,9-10H2,1-3H3,(H,18,19)/b12-11+/t15-/m1/s1. The molecule has 1 aromatic carbocycles. The largest absolute Gasteiger partial charge is 0.444 e. The van der Waals surface area contributed by atoms with Crippen molar-refractivity contribution >= 4 is 6.09 Å². The molecule has 0 bridgehead atoms. The Morgan fingerprint density at radius 3 is 2.50 bits per heavy atom. The van der Waals surface area contributed by atoms with E-state index in [-0.39, 0.29) is 12.1 Å². The van der Waals surface area contributed by atoms with Gasteiger partial charge in [0.25, 0.3) is 0 Å². The third kappa shape index (κ3) is 5.08. The summed E-state index contributed by atoms with van der Waals surface area (Å²) in [5.41, 5.74) is 0.584. The molecule has 3 heteroatoms. The molecule has 0 spiro atoms. The molecule has 0 unspecified atom stereocenters. The topological polar surface area (TPSA) is 38.3 Å². The van der Waals surface area contributed by atoms with Gasteiger partial charge in [-0.15, -0.1) is 0 Å². The number of hydrogen-bond donors (Lipinski definition) is 1. The van der Waals surface area contributed by atoms with E-state index in [9.17, 15) is 4.79 Å². The van der Waals surface area contributed by atoms with Crippen LogP contribution in [0.1, 0.15) is 45.2 Å². The summed E-state index contributed by atoms with van der Waals surface area (Å²) in [7, 11) is 0. The number of hydrogen-bond acceptors (Lipinski definition) is 2. The van der Waals surface area contributed by atoms with Crippen molar-refractivity contribution in [2.45, 2.75) is 45.3 Å². The Kier molecular flexibility index (Phi) is 4.48. The molecule has 1 saturated carbocycles. The van der Waals surface area contributed by atoms with Crippen LogP contribution in [0.15, 0.2) is 42.5 Å². The summed E-state index contributed by atoms with van der Waals surface area (Å²) < 4.78 is 5.33. The molecule has 3 nitrogen and oxygen atoms in total. The lowest BCUT2D eigenvalue weighted by Crippen LogP contribution is -2.34. The summed E-state index contributed by atoms with van der Waals surface area (Å²) in [4.78, 5) is 11.9. The molecule has 1 aromatic rings. The van der Waals surface area contributed by atoms with Crippen molar-refractivity contribution in [1.82, 2.24) is 5.32 Å². The van der Waals surface area contributed by atoms with Crippen LogP contribution in [0, 0.1) is 5.92 Å². The molecule has 2 rings (SSSR count). The first kappa shape index (κ1) is 14.6. The summed E-state index contributed by atoms with van der Waals surface area (Å²) >= 11 is 0. The fourth-order valence-electron chi connectivity index (χ4n) is 1.89. The zero-order chi connectivity index (χ0) is 14.6. The maximum absolute atomic E-state index is 11.9. The van der Waals surface area contributed by atoms with Crippen molar-refractivity contribution < 1.29 is 9.53 Å². The Balaban J connectivity index is 2.04. The molecule has 1 atom stereocenters. The highest BCUT2D eigenvalue weighted by Crippen LogP contribution is 2.31. The van der Waals surface area contributed by atoms with E-state index >= 15 is 0 Å². The molecule has 0 aromatic heterocycles. The Labute approximate surface area is 121 Å². The first-order chi connectivity index (χ1) is 9.44. The fraction of sp³-hybridized carbons (Fsp3) is 0.471. The number of rotatable bonds is 4. The summed E-state index contributed by atoms with van der Waals surface area (Å²) in [6, 6.07) is 9.82. The quantitative estimate of drug-likeness (QED) is 0.834. The number of nitrogens with one attached hydrogen (secondary N) is 1. The van der Waals surface area contributed by atoms with E-state index in [1.807, 2.05) is 51.1 Å². The van der Waals surface area contributed by atoms with Gasteiger partial charge in [0.15, 0.2) is 0 Å². The van der Waals surface area contributed by atoms with E-state index < -0.39 is 5.60 Å². The third-order valence-electron chi connectivity index (χ3n) is 3.03. The average molecular weight is 273 g/mol. The summed E-state index contributed by atoms with van der Waals surface area (Å²) in [6.07, 6.45) is 6.38. The van der Waals surface area contributed by atoms with E-state index in [0.717, 1.165) is 5.56 Å². The van der Waals surface area contributed by atoms with Crippen molar-refractivity contribution in [3.63, 3.8) is 0 Å². The summed E-state index contributed by atoms with van der Waals surface area (Å²) in [5.74, 6) is 0.682. The van der Waals surface area contributed by atoms with Crippen LogP contribution in [-0.4, -0.2) is 11.7 Å². The molecule has 1 aliphatic rings. The van der Waals surface area contributed by atoms with Gasteiger partial charge < -0.3 is 10.1 Å². The van der Waals surface area contributed by atoms with Crippen molar-refractivity contribution in [2.75, 3.05) is 0 Å². The lowest BCUT2D eigenvalue weighted by Gasteiger charge is -2.22. The highest BCUT2D eigenvalue weighted by molar-refractivity contribution is 5.68. The highest BCUT2D eigenvalue weighted by atomic mass is 16.6. The maximum atomic E-state index is 11.9. The van der Waals surface area contributed by atoms with Crippen molar-refractivity contribution in [2.24, 2.45) is 5.92 Å². The normalized spacial score (nSPS) is 16.9. The van der Waals surface area contributed by atoms with Crippen molar-refractivity contribution in [1.29, 1.82) is 0 Å². The van der Waals surface area contributed by atoms with Crippen LogP contribution in [0.4, 0.5) is 4.79 Å². The van der Waals surface area contributed by atoms with Crippen molar-refractivity contribution in [3.05, 3.63) is 48.0 Å². The van der Waals surface area contributed by atoms with E-state index in [1.54, 1.807) is 0 Å². The zero-order valence-electron chi connectivity index (χ0n) is 12.4. The molecule has 0 saturated heterocycles. The predicted octanol–water partition coefficient (Wildman–Crippen LogP) is 4.22. The van der Waals surface area contributed by atoms with Gasteiger partial charge in [-0.2, -0.15) is 0 Å². The number of allylic oxidation sites excluding steroid dienone is 1. The second-order valence-electron chi connectivity index (χ2n) is 6.26. The monoisotopic (exact) mass is 273 g/mol. The molecule has 20 heavy (non-hydrogen) atoms. The number of ether oxygens (including phenoxy) is 1. The highest BCUT2D eigenvalue weighted by Gasteiger charge is 2.21. The van der Waals surface area contributed by atoms with E-state index in [1.165, 1.54) is 12.8 Å². The molecule has 0 radical (unpaired) electrons. The van der Waals surface area contributed by atoms with Crippen LogP contribution >= 0.6 is 0 Å². The summed E-state index contributed by atoms with van der Waals surface area (Å²) in [5, 5.41) is 2.93. The molecule has 1 fully saturated rings. The van der Waals surface area contributed by atoms with Crippen LogP contribution in [0.25, 0.3) is 0 Å². The first-order valence-corrected chi connectivity index (χ1v) is 7.17. The Morgan fingerprint density at radius 2 is 1.95 bits per heavy atom. The van der Waals surface area contributed by atoms with Gasteiger partial charge in [0.1, 0.15) is 5.60 Å². The maximum Gasteiger partial charge on any atom is 0.408 e. The zero-order valence-corrected chi connectivity index (χ0v) is 12.4. The predicted molar refractivity (Wildman–Crippen MR) is 80.4 cm³/mol. The minimum atomic E-state index is -0.481. The SMILES string of the molecule is CC(C)(C)OC(=O)N[C@H](/C=C/C1CC1)c1ccccc1. The molecule has 0 heterocycles.